The molecule has 1 aromatic heterocycles. The molecule has 2 rings (SSSR count). The Labute approximate surface area is 134 Å². The molecule has 1 N–H and O–H groups in total. The molecule has 0 aliphatic rings. The summed E-state index contributed by atoms with van der Waals surface area (Å²) in [7, 11) is 1.41. The lowest BCUT2D eigenvalue weighted by Gasteiger charge is -2.17. The van der Waals surface area contributed by atoms with Crippen LogP contribution in [-0.4, -0.2) is 18.6 Å². The summed E-state index contributed by atoms with van der Waals surface area (Å²) in [5.41, 5.74) is -0.141. The van der Waals surface area contributed by atoms with Crippen molar-refractivity contribution in [3.05, 3.63) is 53.2 Å². The first-order valence-corrected chi connectivity index (χ1v) is 6.94. The van der Waals surface area contributed by atoms with Crippen molar-refractivity contribution in [3.63, 3.8) is 0 Å². The molecule has 9 heteroatoms. The third kappa shape index (κ3) is 4.51. The molecule has 0 saturated heterocycles. The Bertz CT molecular complexity index is 640. The molecule has 0 radical (unpaired) electrons. The monoisotopic (exact) mass is 350 g/mol. The summed E-state index contributed by atoms with van der Waals surface area (Å²) in [5, 5.41) is 2.87. The highest BCUT2D eigenvalue weighted by molar-refractivity contribution is 5.26. The van der Waals surface area contributed by atoms with Crippen molar-refractivity contribution >= 4 is 0 Å². The molecule has 1 heterocycles. The van der Waals surface area contributed by atoms with Crippen LogP contribution in [0.15, 0.2) is 35.1 Å². The molecule has 0 bridgehead atoms. The number of alkyl halides is 5. The lowest BCUT2D eigenvalue weighted by Crippen LogP contribution is -2.23. The van der Waals surface area contributed by atoms with Gasteiger partial charge in [0.2, 0.25) is 0 Å². The number of rotatable bonds is 7. The maximum Gasteiger partial charge on any atom is 0.416 e. The fraction of sp³-hybridized carbons (Fsp3) is 0.400. The normalized spacial score (nSPS) is 13.5. The van der Waals surface area contributed by atoms with Crippen molar-refractivity contribution in [2.24, 2.45) is 0 Å². The SMILES string of the molecule is COC(CNCc1ncoc1C(F)F)c1ccc(C(F)(F)F)cc1. The maximum atomic E-state index is 12.6. The van der Waals surface area contributed by atoms with E-state index in [0.717, 1.165) is 18.5 Å². The van der Waals surface area contributed by atoms with E-state index in [1.54, 1.807) is 0 Å². The molecule has 2 aromatic rings. The molecular weight excluding hydrogens is 335 g/mol. The molecule has 1 atom stereocenters. The zero-order valence-electron chi connectivity index (χ0n) is 12.6. The Kier molecular flexibility index (Phi) is 5.89. The van der Waals surface area contributed by atoms with Gasteiger partial charge in [0.25, 0.3) is 6.43 Å². The highest BCUT2D eigenvalue weighted by Gasteiger charge is 2.30. The van der Waals surface area contributed by atoms with Crippen LogP contribution in [-0.2, 0) is 17.5 Å². The van der Waals surface area contributed by atoms with Gasteiger partial charge in [0.05, 0.1) is 11.7 Å². The summed E-state index contributed by atoms with van der Waals surface area (Å²) in [6.07, 6.45) is -6.77. The fourth-order valence-corrected chi connectivity index (χ4v) is 2.13. The van der Waals surface area contributed by atoms with Gasteiger partial charge in [-0.15, -0.1) is 0 Å². The Balaban J connectivity index is 1.96. The number of oxazole rings is 1. The third-order valence-electron chi connectivity index (χ3n) is 3.39. The Morgan fingerprint density at radius 2 is 1.88 bits per heavy atom. The molecule has 1 unspecified atom stereocenters. The molecule has 0 aliphatic heterocycles. The molecule has 4 nitrogen and oxygen atoms in total. The van der Waals surface area contributed by atoms with Gasteiger partial charge in [0.1, 0.15) is 5.69 Å². The number of benzene rings is 1. The summed E-state index contributed by atoms with van der Waals surface area (Å²) in [6.45, 7) is 0.230. The van der Waals surface area contributed by atoms with Gasteiger partial charge in [-0.1, -0.05) is 12.1 Å². The third-order valence-corrected chi connectivity index (χ3v) is 3.39. The number of nitrogens with one attached hydrogen (secondary N) is 1. The predicted octanol–water partition coefficient (Wildman–Crippen LogP) is 4.11. The first-order valence-electron chi connectivity index (χ1n) is 6.94. The predicted molar refractivity (Wildman–Crippen MR) is 74.4 cm³/mol. The lowest BCUT2D eigenvalue weighted by atomic mass is 10.1. The second kappa shape index (κ2) is 7.71. The van der Waals surface area contributed by atoms with E-state index in [4.69, 9.17) is 4.74 Å². The lowest BCUT2D eigenvalue weighted by molar-refractivity contribution is -0.137. The van der Waals surface area contributed by atoms with E-state index in [-0.39, 0.29) is 18.8 Å². The van der Waals surface area contributed by atoms with Gasteiger partial charge in [-0.05, 0) is 17.7 Å². The van der Waals surface area contributed by atoms with E-state index in [1.807, 2.05) is 0 Å². The minimum atomic E-state index is -4.40. The smallest absolute Gasteiger partial charge is 0.416 e. The molecule has 0 spiro atoms. The summed E-state index contributed by atoms with van der Waals surface area (Å²) < 4.78 is 72.7. The van der Waals surface area contributed by atoms with E-state index in [2.05, 4.69) is 14.7 Å². The second-order valence-electron chi connectivity index (χ2n) is 4.94. The zero-order chi connectivity index (χ0) is 17.7. The van der Waals surface area contributed by atoms with Crippen molar-refractivity contribution in [1.82, 2.24) is 10.3 Å². The number of aromatic nitrogens is 1. The van der Waals surface area contributed by atoms with Gasteiger partial charge in [-0.25, -0.2) is 13.8 Å². The van der Waals surface area contributed by atoms with Crippen molar-refractivity contribution in [3.8, 4) is 0 Å². The van der Waals surface area contributed by atoms with E-state index >= 15 is 0 Å². The van der Waals surface area contributed by atoms with Crippen LogP contribution in [0.3, 0.4) is 0 Å². The number of methoxy groups -OCH3 is 1. The van der Waals surface area contributed by atoms with Crippen LogP contribution in [0.1, 0.15) is 35.1 Å². The summed E-state index contributed by atoms with van der Waals surface area (Å²) in [4.78, 5) is 3.70. The van der Waals surface area contributed by atoms with E-state index in [9.17, 15) is 22.0 Å². The number of nitrogens with zero attached hydrogens (tertiary/aromatic N) is 1. The fourth-order valence-electron chi connectivity index (χ4n) is 2.13. The molecule has 0 fully saturated rings. The number of hydrogen-bond donors (Lipinski definition) is 1. The largest absolute Gasteiger partial charge is 0.442 e. The molecule has 0 saturated carbocycles. The van der Waals surface area contributed by atoms with Gasteiger partial charge >= 0.3 is 6.18 Å². The van der Waals surface area contributed by atoms with Crippen LogP contribution >= 0.6 is 0 Å². The van der Waals surface area contributed by atoms with Crippen molar-refractivity contribution in [2.45, 2.75) is 25.3 Å². The second-order valence-corrected chi connectivity index (χ2v) is 4.94. The minimum absolute atomic E-state index is 0.0245. The number of ether oxygens (including phenoxy) is 1. The topological polar surface area (TPSA) is 47.3 Å². The molecule has 0 aliphatic carbocycles. The van der Waals surface area contributed by atoms with Gasteiger partial charge in [-0.3, -0.25) is 0 Å². The first kappa shape index (κ1) is 18.3. The van der Waals surface area contributed by atoms with Crippen molar-refractivity contribution in [1.29, 1.82) is 0 Å². The molecule has 24 heavy (non-hydrogen) atoms. The van der Waals surface area contributed by atoms with Crippen LogP contribution in [0.2, 0.25) is 0 Å². The first-order chi connectivity index (χ1) is 11.3. The molecular formula is C15H15F5N2O2. The average Bonchev–Trinajstić information content (AvgIpc) is 2.99. The van der Waals surface area contributed by atoms with Gasteiger partial charge < -0.3 is 14.5 Å². The maximum absolute atomic E-state index is 12.6. The highest BCUT2D eigenvalue weighted by atomic mass is 19.4. The van der Waals surface area contributed by atoms with E-state index < -0.39 is 30.0 Å². The Hall–Kier alpha value is -2.00. The van der Waals surface area contributed by atoms with E-state index in [1.165, 1.54) is 19.2 Å². The number of halogens is 5. The Morgan fingerprint density at radius 1 is 1.21 bits per heavy atom. The summed E-state index contributed by atoms with van der Waals surface area (Å²) in [5.74, 6) is -0.508. The van der Waals surface area contributed by atoms with Crippen LogP contribution < -0.4 is 5.32 Å². The van der Waals surface area contributed by atoms with Crippen LogP contribution in [0.25, 0.3) is 0 Å². The summed E-state index contributed by atoms with van der Waals surface area (Å²) >= 11 is 0. The van der Waals surface area contributed by atoms with E-state index in [0.29, 0.717) is 5.56 Å². The molecule has 1 aromatic carbocycles. The molecule has 0 amide bonds. The molecule has 132 valence electrons. The standard InChI is InChI=1S/C15H15F5N2O2/c1-23-12(9-2-4-10(5-3-9)15(18,19)20)7-21-6-11-13(14(16)17)24-8-22-11/h2-5,8,12,14,21H,6-7H2,1H3. The Morgan fingerprint density at radius 3 is 2.42 bits per heavy atom. The average molecular weight is 350 g/mol. The van der Waals surface area contributed by atoms with Gasteiger partial charge in [0.15, 0.2) is 12.2 Å². The zero-order valence-corrected chi connectivity index (χ0v) is 12.6. The van der Waals surface area contributed by atoms with Crippen LogP contribution in [0, 0.1) is 0 Å². The van der Waals surface area contributed by atoms with Crippen molar-refractivity contribution in [2.75, 3.05) is 13.7 Å². The van der Waals surface area contributed by atoms with Crippen LogP contribution in [0.5, 0.6) is 0 Å². The summed E-state index contributed by atoms with van der Waals surface area (Å²) in [6, 6.07) is 4.57. The number of hydrogen-bond acceptors (Lipinski definition) is 4. The minimum Gasteiger partial charge on any atom is -0.442 e. The van der Waals surface area contributed by atoms with Gasteiger partial charge in [-0.2, -0.15) is 13.2 Å². The van der Waals surface area contributed by atoms with Crippen molar-refractivity contribution < 1.29 is 31.1 Å². The highest BCUT2D eigenvalue weighted by Crippen LogP contribution is 2.30. The van der Waals surface area contributed by atoms with Gasteiger partial charge in [0, 0.05) is 20.2 Å². The van der Waals surface area contributed by atoms with Crippen LogP contribution in [0.4, 0.5) is 22.0 Å². The quantitative estimate of drug-likeness (QED) is 0.764.